The fraction of sp³-hybridized carbons (Fsp3) is 0.500. The highest BCUT2D eigenvalue weighted by atomic mass is 16.5. The van der Waals surface area contributed by atoms with Crippen molar-refractivity contribution in [2.75, 3.05) is 0 Å². The van der Waals surface area contributed by atoms with Crippen molar-refractivity contribution in [2.45, 2.75) is 52.0 Å². The Hall–Kier alpha value is -2.08. The number of aryl methyl sites for hydroxylation is 1. The molecular weight excluding hydrogens is 282 g/mol. The van der Waals surface area contributed by atoms with E-state index in [2.05, 4.69) is 10.1 Å². The number of ether oxygens (including phenoxy) is 2. The van der Waals surface area contributed by atoms with Crippen LogP contribution in [-0.2, 0) is 13.2 Å². The van der Waals surface area contributed by atoms with E-state index in [1.807, 2.05) is 39.0 Å². The fourth-order valence-corrected chi connectivity index (χ4v) is 2.78. The largest absolute Gasteiger partial charge is 0.487 e. The number of aromatic nitrogens is 3. The van der Waals surface area contributed by atoms with Crippen LogP contribution in [0, 0.1) is 0 Å². The second kappa shape index (κ2) is 5.61. The molecule has 1 aliphatic rings. The van der Waals surface area contributed by atoms with Crippen LogP contribution in [0.3, 0.4) is 0 Å². The van der Waals surface area contributed by atoms with E-state index < -0.39 is 6.10 Å². The molecule has 0 bridgehead atoms. The summed E-state index contributed by atoms with van der Waals surface area (Å²) in [7, 11) is 0. The molecule has 1 aliphatic heterocycles. The molecule has 0 unspecified atom stereocenters. The van der Waals surface area contributed by atoms with Crippen molar-refractivity contribution in [3.05, 3.63) is 35.9 Å². The molecule has 1 aromatic carbocycles. The van der Waals surface area contributed by atoms with Gasteiger partial charge in [-0.05, 0) is 32.9 Å². The van der Waals surface area contributed by atoms with Crippen LogP contribution in [0.25, 0.3) is 0 Å². The van der Waals surface area contributed by atoms with Gasteiger partial charge in [-0.2, -0.15) is 5.10 Å². The van der Waals surface area contributed by atoms with Crippen LogP contribution in [-0.4, -0.2) is 25.5 Å². The third-order valence-electron chi connectivity index (χ3n) is 3.78. The molecule has 0 amide bonds. The molecule has 2 heterocycles. The zero-order valence-corrected chi connectivity index (χ0v) is 13.1. The maximum Gasteiger partial charge on any atom is 0.164 e. The second-order valence-corrected chi connectivity index (χ2v) is 6.03. The topological polar surface area (TPSA) is 69.4 Å². The molecule has 0 radical (unpaired) electrons. The SMILES string of the molecule is CCn1ncnc1COc1cccc2c1[C@@H](O)CC(C)(C)O2. The number of benzene rings is 1. The van der Waals surface area contributed by atoms with Crippen LogP contribution in [0.1, 0.15) is 44.7 Å². The highest BCUT2D eigenvalue weighted by molar-refractivity contribution is 5.48. The van der Waals surface area contributed by atoms with Crippen LogP contribution in [0.15, 0.2) is 24.5 Å². The Balaban J connectivity index is 1.84. The minimum atomic E-state index is -0.598. The van der Waals surface area contributed by atoms with E-state index in [4.69, 9.17) is 9.47 Å². The van der Waals surface area contributed by atoms with Crippen molar-refractivity contribution in [1.82, 2.24) is 14.8 Å². The number of aliphatic hydroxyl groups excluding tert-OH is 1. The Morgan fingerprint density at radius 2 is 2.27 bits per heavy atom. The third-order valence-corrected chi connectivity index (χ3v) is 3.78. The zero-order valence-electron chi connectivity index (χ0n) is 13.1. The molecule has 1 N–H and O–H groups in total. The zero-order chi connectivity index (χ0) is 15.7. The van der Waals surface area contributed by atoms with Gasteiger partial charge >= 0.3 is 0 Å². The lowest BCUT2D eigenvalue weighted by Gasteiger charge is -2.36. The summed E-state index contributed by atoms with van der Waals surface area (Å²) in [6, 6.07) is 5.57. The summed E-state index contributed by atoms with van der Waals surface area (Å²) in [6.07, 6.45) is 1.45. The maximum atomic E-state index is 10.4. The van der Waals surface area contributed by atoms with Crippen LogP contribution in [0.5, 0.6) is 11.5 Å². The summed E-state index contributed by atoms with van der Waals surface area (Å²) < 4.78 is 13.6. The van der Waals surface area contributed by atoms with Crippen molar-refractivity contribution < 1.29 is 14.6 Å². The summed E-state index contributed by atoms with van der Waals surface area (Å²) in [4.78, 5) is 4.19. The lowest BCUT2D eigenvalue weighted by molar-refractivity contribution is 0.00943. The third kappa shape index (κ3) is 2.78. The van der Waals surface area contributed by atoms with E-state index in [-0.39, 0.29) is 5.60 Å². The van der Waals surface area contributed by atoms with Crippen LogP contribution in [0.4, 0.5) is 0 Å². The maximum absolute atomic E-state index is 10.4. The van der Waals surface area contributed by atoms with Crippen molar-refractivity contribution in [3.8, 4) is 11.5 Å². The first-order valence-corrected chi connectivity index (χ1v) is 7.49. The lowest BCUT2D eigenvalue weighted by Crippen LogP contribution is -2.35. The molecule has 118 valence electrons. The summed E-state index contributed by atoms with van der Waals surface area (Å²) in [5.41, 5.74) is 0.331. The van der Waals surface area contributed by atoms with Gasteiger partial charge in [0.1, 0.15) is 30.0 Å². The highest BCUT2D eigenvalue weighted by Crippen LogP contribution is 2.44. The van der Waals surface area contributed by atoms with E-state index in [1.54, 1.807) is 4.68 Å². The quantitative estimate of drug-likeness (QED) is 0.939. The van der Waals surface area contributed by atoms with E-state index in [9.17, 15) is 5.11 Å². The van der Waals surface area contributed by atoms with Gasteiger partial charge in [0, 0.05) is 13.0 Å². The molecule has 0 aliphatic carbocycles. The number of hydrogen-bond acceptors (Lipinski definition) is 5. The Morgan fingerprint density at radius 3 is 3.05 bits per heavy atom. The van der Waals surface area contributed by atoms with Gasteiger partial charge in [-0.25, -0.2) is 9.67 Å². The number of nitrogens with zero attached hydrogens (tertiary/aromatic N) is 3. The Kier molecular flexibility index (Phi) is 3.78. The normalized spacial score (nSPS) is 19.4. The summed E-state index contributed by atoms with van der Waals surface area (Å²) >= 11 is 0. The van der Waals surface area contributed by atoms with Gasteiger partial charge in [0.15, 0.2) is 5.82 Å². The average molecular weight is 303 g/mol. The Morgan fingerprint density at radius 1 is 1.45 bits per heavy atom. The first-order valence-electron chi connectivity index (χ1n) is 7.49. The Bertz CT molecular complexity index is 666. The van der Waals surface area contributed by atoms with Gasteiger partial charge in [-0.3, -0.25) is 0 Å². The van der Waals surface area contributed by atoms with Crippen LogP contribution < -0.4 is 9.47 Å². The van der Waals surface area contributed by atoms with Gasteiger partial charge in [0.05, 0.1) is 11.7 Å². The Labute approximate surface area is 129 Å². The molecule has 6 heteroatoms. The van der Waals surface area contributed by atoms with Gasteiger partial charge in [-0.15, -0.1) is 0 Å². The summed E-state index contributed by atoms with van der Waals surface area (Å²) in [5.74, 6) is 2.07. The van der Waals surface area contributed by atoms with Crippen LogP contribution in [0.2, 0.25) is 0 Å². The van der Waals surface area contributed by atoms with Crippen molar-refractivity contribution in [3.63, 3.8) is 0 Å². The van der Waals surface area contributed by atoms with Gasteiger partial charge in [0.25, 0.3) is 0 Å². The van der Waals surface area contributed by atoms with E-state index >= 15 is 0 Å². The minimum Gasteiger partial charge on any atom is -0.487 e. The second-order valence-electron chi connectivity index (χ2n) is 6.03. The van der Waals surface area contributed by atoms with E-state index in [0.29, 0.717) is 30.1 Å². The molecule has 0 saturated carbocycles. The van der Waals surface area contributed by atoms with Gasteiger partial charge in [0.2, 0.25) is 0 Å². The smallest absolute Gasteiger partial charge is 0.164 e. The monoisotopic (exact) mass is 303 g/mol. The fourth-order valence-electron chi connectivity index (χ4n) is 2.78. The molecule has 0 saturated heterocycles. The number of hydrogen-bond donors (Lipinski definition) is 1. The number of aliphatic hydroxyl groups is 1. The van der Waals surface area contributed by atoms with Crippen LogP contribution >= 0.6 is 0 Å². The standard InChI is InChI=1S/C16H21N3O3/c1-4-19-14(17-10-18-19)9-21-12-6-5-7-13-15(12)11(20)8-16(2,3)22-13/h5-7,10-11,20H,4,8-9H2,1-3H3/t11-/m0/s1. The van der Waals surface area contributed by atoms with Gasteiger partial charge in [-0.1, -0.05) is 6.07 Å². The molecular formula is C16H21N3O3. The highest BCUT2D eigenvalue weighted by Gasteiger charge is 2.34. The van der Waals surface area contributed by atoms with Gasteiger partial charge < -0.3 is 14.6 Å². The molecule has 0 fully saturated rings. The molecule has 2 aromatic rings. The first-order chi connectivity index (χ1) is 10.5. The summed E-state index contributed by atoms with van der Waals surface area (Å²) in [5, 5.41) is 14.6. The predicted octanol–water partition coefficient (Wildman–Crippen LogP) is 2.47. The summed E-state index contributed by atoms with van der Waals surface area (Å²) in [6.45, 7) is 6.99. The average Bonchev–Trinajstić information content (AvgIpc) is 2.90. The molecule has 0 spiro atoms. The van der Waals surface area contributed by atoms with E-state index in [1.165, 1.54) is 6.33 Å². The predicted molar refractivity (Wildman–Crippen MR) is 80.8 cm³/mol. The molecule has 1 atom stereocenters. The molecule has 3 rings (SSSR count). The molecule has 22 heavy (non-hydrogen) atoms. The van der Waals surface area contributed by atoms with Crippen molar-refractivity contribution in [2.24, 2.45) is 0 Å². The molecule has 1 aromatic heterocycles. The van der Waals surface area contributed by atoms with Crippen molar-refractivity contribution >= 4 is 0 Å². The number of rotatable bonds is 4. The van der Waals surface area contributed by atoms with E-state index in [0.717, 1.165) is 12.4 Å². The lowest BCUT2D eigenvalue weighted by atomic mass is 9.91. The molecule has 6 nitrogen and oxygen atoms in total. The van der Waals surface area contributed by atoms with Crippen molar-refractivity contribution in [1.29, 1.82) is 0 Å². The first kappa shape index (κ1) is 14.8. The minimum absolute atomic E-state index is 0.306. The number of fused-ring (bicyclic) bond motifs is 1.